The maximum atomic E-state index is 9.94. The number of aromatic amines is 1. The summed E-state index contributed by atoms with van der Waals surface area (Å²) in [6, 6.07) is 24.1. The van der Waals surface area contributed by atoms with Crippen LogP contribution >= 0.6 is 0 Å². The molecule has 0 saturated heterocycles. The molecule has 2 heterocycles. The van der Waals surface area contributed by atoms with Gasteiger partial charge in [-0.2, -0.15) is 5.26 Å². The lowest BCUT2D eigenvalue weighted by Gasteiger charge is -2.25. The molecule has 1 unspecified atom stereocenters. The summed E-state index contributed by atoms with van der Waals surface area (Å²) in [6.45, 7) is 0. The molecule has 1 aromatic heterocycles. The van der Waals surface area contributed by atoms with Crippen molar-refractivity contribution in [3.05, 3.63) is 89.3 Å². The Balaban J connectivity index is 1.77. The second-order valence-corrected chi connectivity index (χ2v) is 7.04. The smallest absolute Gasteiger partial charge is 0.244 e. The third-order valence-corrected chi connectivity index (χ3v) is 5.45. The largest absolute Gasteiger partial charge is 0.497 e. The number of aromatic nitrogens is 2. The lowest BCUT2D eigenvalue weighted by atomic mass is 9.81. The van der Waals surface area contributed by atoms with E-state index in [1.54, 1.807) is 7.11 Å². The maximum absolute atomic E-state index is 9.94. The SMILES string of the molecule is COc1ccc(-c2[nH]nc3c2C(c2cccc4ccccc24)C(C#N)=C(N)O3)cc1. The molecule has 0 amide bonds. The highest BCUT2D eigenvalue weighted by molar-refractivity contribution is 5.88. The minimum atomic E-state index is -0.402. The minimum Gasteiger partial charge on any atom is -0.497 e. The van der Waals surface area contributed by atoms with Gasteiger partial charge in [-0.1, -0.05) is 42.5 Å². The predicted molar refractivity (Wildman–Crippen MR) is 114 cm³/mol. The molecule has 0 radical (unpaired) electrons. The van der Waals surface area contributed by atoms with Crippen molar-refractivity contribution in [3.8, 4) is 29.0 Å². The van der Waals surface area contributed by atoms with Crippen LogP contribution in [0.3, 0.4) is 0 Å². The lowest BCUT2D eigenvalue weighted by molar-refractivity contribution is 0.379. The van der Waals surface area contributed by atoms with E-state index in [1.165, 1.54) is 0 Å². The Labute approximate surface area is 173 Å². The van der Waals surface area contributed by atoms with Gasteiger partial charge in [-0.05, 0) is 40.6 Å². The summed E-state index contributed by atoms with van der Waals surface area (Å²) in [5.41, 5.74) is 9.97. The van der Waals surface area contributed by atoms with Crippen molar-refractivity contribution in [2.45, 2.75) is 5.92 Å². The van der Waals surface area contributed by atoms with Gasteiger partial charge in [0.15, 0.2) is 0 Å². The molecule has 30 heavy (non-hydrogen) atoms. The summed E-state index contributed by atoms with van der Waals surface area (Å²) in [4.78, 5) is 0. The van der Waals surface area contributed by atoms with Crippen LogP contribution in [0.4, 0.5) is 0 Å². The zero-order valence-electron chi connectivity index (χ0n) is 16.2. The van der Waals surface area contributed by atoms with Crippen molar-refractivity contribution in [1.29, 1.82) is 5.26 Å². The van der Waals surface area contributed by atoms with Gasteiger partial charge in [0.2, 0.25) is 11.8 Å². The second-order valence-electron chi connectivity index (χ2n) is 7.04. The lowest BCUT2D eigenvalue weighted by Crippen LogP contribution is -2.21. The van der Waals surface area contributed by atoms with Gasteiger partial charge in [0.25, 0.3) is 0 Å². The van der Waals surface area contributed by atoms with Crippen LogP contribution in [-0.2, 0) is 0 Å². The quantitative estimate of drug-likeness (QED) is 0.535. The molecule has 0 fully saturated rings. The number of nitrogens with one attached hydrogen (secondary N) is 1. The molecule has 6 nitrogen and oxygen atoms in total. The molecule has 3 aromatic carbocycles. The van der Waals surface area contributed by atoms with Crippen LogP contribution in [0.2, 0.25) is 0 Å². The van der Waals surface area contributed by atoms with E-state index in [4.69, 9.17) is 15.2 Å². The molecule has 0 saturated carbocycles. The van der Waals surface area contributed by atoms with E-state index in [2.05, 4.69) is 34.5 Å². The van der Waals surface area contributed by atoms with Gasteiger partial charge in [0.05, 0.1) is 24.3 Å². The first-order valence-corrected chi connectivity index (χ1v) is 9.49. The summed E-state index contributed by atoms with van der Waals surface area (Å²) in [6.07, 6.45) is 0. The number of allylic oxidation sites excluding steroid dienone is 1. The molecule has 1 aliphatic heterocycles. The van der Waals surface area contributed by atoms with Gasteiger partial charge in [-0.25, -0.2) is 0 Å². The molecule has 0 spiro atoms. The number of nitrogens with zero attached hydrogens (tertiary/aromatic N) is 2. The van der Waals surface area contributed by atoms with Gasteiger partial charge in [-0.3, -0.25) is 5.10 Å². The maximum Gasteiger partial charge on any atom is 0.244 e. The fourth-order valence-corrected chi connectivity index (χ4v) is 4.04. The van der Waals surface area contributed by atoms with Crippen molar-refractivity contribution in [3.63, 3.8) is 0 Å². The highest BCUT2D eigenvalue weighted by atomic mass is 16.5. The highest BCUT2D eigenvalue weighted by Gasteiger charge is 2.36. The van der Waals surface area contributed by atoms with E-state index in [9.17, 15) is 5.26 Å². The van der Waals surface area contributed by atoms with E-state index >= 15 is 0 Å². The van der Waals surface area contributed by atoms with Crippen molar-refractivity contribution in [2.75, 3.05) is 7.11 Å². The number of rotatable bonds is 3. The number of fused-ring (bicyclic) bond motifs is 2. The second kappa shape index (κ2) is 6.98. The Morgan fingerprint density at radius 2 is 1.83 bits per heavy atom. The van der Waals surface area contributed by atoms with E-state index in [0.717, 1.165) is 38.9 Å². The molecule has 1 atom stereocenters. The number of hydrogen-bond acceptors (Lipinski definition) is 5. The standard InChI is InChI=1S/C24H18N4O2/c1-29-16-11-9-15(10-12-16)22-21-20(19(13-25)23(26)30-24(21)28-27-22)18-8-4-6-14-5-2-3-7-17(14)18/h2-12,20H,26H2,1H3,(H,27,28). The van der Waals surface area contributed by atoms with E-state index in [1.807, 2.05) is 48.5 Å². The number of ether oxygens (including phenoxy) is 2. The normalized spacial score (nSPS) is 15.4. The van der Waals surface area contributed by atoms with Crippen LogP contribution in [0, 0.1) is 11.3 Å². The van der Waals surface area contributed by atoms with Gasteiger partial charge in [0.1, 0.15) is 17.4 Å². The number of methoxy groups -OCH3 is 1. The van der Waals surface area contributed by atoms with Gasteiger partial charge in [-0.15, -0.1) is 5.10 Å². The topological polar surface area (TPSA) is 97.0 Å². The zero-order valence-corrected chi connectivity index (χ0v) is 16.2. The summed E-state index contributed by atoms with van der Waals surface area (Å²) < 4.78 is 11.0. The molecule has 1 aliphatic rings. The fraction of sp³-hybridized carbons (Fsp3) is 0.0833. The number of nitriles is 1. The van der Waals surface area contributed by atoms with Crippen LogP contribution < -0.4 is 15.2 Å². The van der Waals surface area contributed by atoms with Crippen molar-refractivity contribution in [2.24, 2.45) is 5.73 Å². The predicted octanol–water partition coefficient (Wildman–Crippen LogP) is 4.46. The molecular weight excluding hydrogens is 376 g/mol. The molecule has 0 aliphatic carbocycles. The third-order valence-electron chi connectivity index (χ3n) is 5.45. The first-order valence-electron chi connectivity index (χ1n) is 9.49. The average molecular weight is 394 g/mol. The van der Waals surface area contributed by atoms with Crippen LogP contribution in [0.25, 0.3) is 22.0 Å². The van der Waals surface area contributed by atoms with Crippen LogP contribution in [0.5, 0.6) is 11.6 Å². The molecule has 146 valence electrons. The van der Waals surface area contributed by atoms with Crippen molar-refractivity contribution >= 4 is 10.8 Å². The van der Waals surface area contributed by atoms with E-state index in [0.29, 0.717) is 11.5 Å². The molecule has 0 bridgehead atoms. The Morgan fingerprint density at radius 3 is 2.60 bits per heavy atom. The summed E-state index contributed by atoms with van der Waals surface area (Å²) in [7, 11) is 1.63. The Bertz CT molecular complexity index is 1320. The van der Waals surface area contributed by atoms with Gasteiger partial charge < -0.3 is 15.2 Å². The Morgan fingerprint density at radius 1 is 1.07 bits per heavy atom. The van der Waals surface area contributed by atoms with E-state index < -0.39 is 5.92 Å². The average Bonchev–Trinajstić information content (AvgIpc) is 3.21. The number of nitrogens with two attached hydrogens (primary N) is 1. The number of benzene rings is 3. The van der Waals surface area contributed by atoms with Crippen LogP contribution in [0.15, 0.2) is 78.2 Å². The van der Waals surface area contributed by atoms with E-state index in [-0.39, 0.29) is 5.88 Å². The third kappa shape index (κ3) is 2.68. The van der Waals surface area contributed by atoms with Gasteiger partial charge >= 0.3 is 0 Å². The fourth-order valence-electron chi connectivity index (χ4n) is 4.04. The molecule has 5 rings (SSSR count). The van der Waals surface area contributed by atoms with Crippen LogP contribution in [0.1, 0.15) is 17.0 Å². The summed E-state index contributed by atoms with van der Waals surface area (Å²) >= 11 is 0. The summed E-state index contributed by atoms with van der Waals surface area (Å²) in [5.74, 6) is 0.822. The van der Waals surface area contributed by atoms with Crippen molar-refractivity contribution < 1.29 is 9.47 Å². The van der Waals surface area contributed by atoms with Crippen molar-refractivity contribution in [1.82, 2.24) is 10.2 Å². The molecular formula is C24H18N4O2. The first kappa shape index (κ1) is 17.8. The number of H-pyrrole nitrogens is 1. The van der Waals surface area contributed by atoms with Crippen LogP contribution in [-0.4, -0.2) is 17.3 Å². The first-order chi connectivity index (χ1) is 14.7. The Hall–Kier alpha value is -4.24. The highest BCUT2D eigenvalue weighted by Crippen LogP contribution is 2.47. The van der Waals surface area contributed by atoms with Gasteiger partial charge in [0, 0.05) is 5.56 Å². The minimum absolute atomic E-state index is 0.0794. The monoisotopic (exact) mass is 394 g/mol. The summed E-state index contributed by atoms with van der Waals surface area (Å²) in [5, 5.41) is 19.5. The zero-order chi connectivity index (χ0) is 20.7. The number of hydrogen-bond donors (Lipinski definition) is 2. The molecule has 6 heteroatoms. The molecule has 3 N–H and O–H groups in total. The molecule has 4 aromatic rings. The Kier molecular flexibility index (Phi) is 4.15.